The Bertz CT molecular complexity index is 942. The van der Waals surface area contributed by atoms with Crippen molar-refractivity contribution in [3.63, 3.8) is 0 Å². The lowest BCUT2D eigenvalue weighted by molar-refractivity contribution is -0.883. The highest BCUT2D eigenvalue weighted by Crippen LogP contribution is 2.29. The van der Waals surface area contributed by atoms with Gasteiger partial charge < -0.3 is 10.2 Å². The normalized spacial score (nSPS) is 15.9. The summed E-state index contributed by atoms with van der Waals surface area (Å²) in [5.41, 5.74) is 1.33. The molecule has 1 aliphatic heterocycles. The molecule has 2 aromatic rings. The first kappa shape index (κ1) is 21.2. The van der Waals surface area contributed by atoms with Crippen molar-refractivity contribution >= 4 is 21.4 Å². The van der Waals surface area contributed by atoms with E-state index >= 15 is 0 Å². The predicted octanol–water partition coefficient (Wildman–Crippen LogP) is 1.16. The monoisotopic (exact) mass is 419 g/mol. The van der Waals surface area contributed by atoms with Crippen molar-refractivity contribution in [1.29, 1.82) is 0 Å². The van der Waals surface area contributed by atoms with Gasteiger partial charge in [-0.2, -0.15) is 4.31 Å². The maximum atomic E-state index is 12.9. The first-order valence-electron chi connectivity index (χ1n) is 9.75. The lowest BCUT2D eigenvalue weighted by atomic mass is 10.1. The highest BCUT2D eigenvalue weighted by Gasteiger charge is 2.30. The van der Waals surface area contributed by atoms with Crippen LogP contribution >= 0.6 is 0 Å². The topological polar surface area (TPSA) is 97.0 Å². The smallest absolute Gasteiger partial charge is 0.293 e. The van der Waals surface area contributed by atoms with Gasteiger partial charge in [0.2, 0.25) is 10.0 Å². The van der Waals surface area contributed by atoms with Crippen LogP contribution in [0.2, 0.25) is 0 Å². The second-order valence-corrected chi connectivity index (χ2v) is 9.25. The summed E-state index contributed by atoms with van der Waals surface area (Å²) in [5.74, 6) is 0. The number of hydrogen-bond donors (Lipinski definition) is 2. The molecule has 0 aliphatic carbocycles. The summed E-state index contributed by atoms with van der Waals surface area (Å²) in [5, 5.41) is 14.6. The van der Waals surface area contributed by atoms with Crippen LogP contribution in [-0.2, 0) is 16.4 Å². The van der Waals surface area contributed by atoms with Gasteiger partial charge in [0.25, 0.3) is 5.69 Å². The zero-order chi connectivity index (χ0) is 20.9. The number of likely N-dealkylation sites (N-methyl/N-ethyl adjacent to an activating group) is 1. The Kier molecular flexibility index (Phi) is 6.83. The van der Waals surface area contributed by atoms with Crippen LogP contribution in [0.1, 0.15) is 12.0 Å². The first-order chi connectivity index (χ1) is 13.9. The average Bonchev–Trinajstić information content (AvgIpc) is 2.72. The summed E-state index contributed by atoms with van der Waals surface area (Å²) in [6, 6.07) is 14.1. The Labute approximate surface area is 171 Å². The summed E-state index contributed by atoms with van der Waals surface area (Å²) in [4.78, 5) is 12.2. The van der Waals surface area contributed by atoms with Gasteiger partial charge in [-0.15, -0.1) is 0 Å². The van der Waals surface area contributed by atoms with Crippen molar-refractivity contribution in [2.45, 2.75) is 17.7 Å². The molecule has 1 heterocycles. The molecule has 9 heteroatoms. The van der Waals surface area contributed by atoms with E-state index in [-0.39, 0.29) is 10.6 Å². The number of nitrogens with one attached hydrogen (secondary N) is 2. The molecule has 0 spiro atoms. The van der Waals surface area contributed by atoms with E-state index in [1.165, 1.54) is 33.0 Å². The second-order valence-electron chi connectivity index (χ2n) is 7.31. The van der Waals surface area contributed by atoms with Crippen LogP contribution < -0.4 is 10.2 Å². The van der Waals surface area contributed by atoms with Gasteiger partial charge in [0.15, 0.2) is 0 Å². The molecule has 2 N–H and O–H groups in total. The van der Waals surface area contributed by atoms with Gasteiger partial charge in [-0.05, 0) is 30.5 Å². The fourth-order valence-corrected chi connectivity index (χ4v) is 4.85. The van der Waals surface area contributed by atoms with Crippen molar-refractivity contribution in [3.8, 4) is 0 Å². The molecule has 0 saturated carbocycles. The predicted molar refractivity (Wildman–Crippen MR) is 112 cm³/mol. The van der Waals surface area contributed by atoms with Gasteiger partial charge in [-0.3, -0.25) is 10.1 Å². The maximum Gasteiger partial charge on any atom is 0.293 e. The van der Waals surface area contributed by atoms with Crippen molar-refractivity contribution in [1.82, 2.24) is 4.31 Å². The van der Waals surface area contributed by atoms with Gasteiger partial charge in [-0.25, -0.2) is 8.42 Å². The summed E-state index contributed by atoms with van der Waals surface area (Å²) < 4.78 is 27.2. The van der Waals surface area contributed by atoms with E-state index < -0.39 is 14.9 Å². The van der Waals surface area contributed by atoms with E-state index in [1.54, 1.807) is 0 Å². The van der Waals surface area contributed by atoms with E-state index in [2.05, 4.69) is 5.32 Å². The number of nitro benzene ring substituents is 1. The molecule has 8 nitrogen and oxygen atoms in total. The quantitative estimate of drug-likeness (QED) is 0.380. The van der Waals surface area contributed by atoms with Crippen LogP contribution in [0.25, 0.3) is 0 Å². The van der Waals surface area contributed by atoms with E-state index in [0.29, 0.717) is 25.3 Å². The van der Waals surface area contributed by atoms with Crippen LogP contribution in [0.5, 0.6) is 0 Å². The molecule has 1 aliphatic rings. The number of aryl methyl sites for hydroxylation is 1. The number of nitro groups is 1. The highest BCUT2D eigenvalue weighted by molar-refractivity contribution is 7.89. The third-order valence-corrected chi connectivity index (χ3v) is 7.07. The minimum absolute atomic E-state index is 0.0291. The minimum Gasteiger partial charge on any atom is -0.379 e. The number of anilines is 1. The number of piperazine rings is 1. The minimum atomic E-state index is -3.73. The molecule has 2 aromatic carbocycles. The van der Waals surface area contributed by atoms with Crippen molar-refractivity contribution < 1.29 is 18.2 Å². The van der Waals surface area contributed by atoms with Crippen molar-refractivity contribution in [2.75, 3.05) is 45.1 Å². The van der Waals surface area contributed by atoms with E-state index in [4.69, 9.17) is 0 Å². The third-order valence-electron chi connectivity index (χ3n) is 5.18. The number of sulfonamides is 1. The number of benzene rings is 2. The fourth-order valence-electron chi connectivity index (χ4n) is 3.39. The molecule has 1 saturated heterocycles. The molecule has 1 fully saturated rings. The van der Waals surface area contributed by atoms with E-state index in [0.717, 1.165) is 25.9 Å². The maximum absolute atomic E-state index is 12.9. The first-order valence-corrected chi connectivity index (χ1v) is 11.2. The summed E-state index contributed by atoms with van der Waals surface area (Å²) >= 11 is 0. The molecule has 156 valence electrons. The highest BCUT2D eigenvalue weighted by atomic mass is 32.2. The summed E-state index contributed by atoms with van der Waals surface area (Å²) in [6.45, 7) is 2.84. The van der Waals surface area contributed by atoms with Crippen molar-refractivity contribution in [3.05, 3.63) is 64.2 Å². The summed E-state index contributed by atoms with van der Waals surface area (Å²) in [6.07, 6.45) is 1.67. The van der Waals surface area contributed by atoms with E-state index in [9.17, 15) is 18.5 Å². The molecule has 3 rings (SSSR count). The molecule has 0 aromatic heterocycles. The van der Waals surface area contributed by atoms with Crippen LogP contribution in [0.3, 0.4) is 0 Å². The Morgan fingerprint density at radius 3 is 2.48 bits per heavy atom. The van der Waals surface area contributed by atoms with Crippen molar-refractivity contribution in [2.24, 2.45) is 0 Å². The SMILES string of the molecule is C[NH+]1CCN(S(=O)(=O)c2ccc(NCCCc3ccccc3)c([N+](=O)[O-])c2)CC1. The zero-order valence-electron chi connectivity index (χ0n) is 16.5. The number of hydrogen-bond acceptors (Lipinski definition) is 5. The average molecular weight is 420 g/mol. The Morgan fingerprint density at radius 1 is 1.14 bits per heavy atom. The largest absolute Gasteiger partial charge is 0.379 e. The molecular weight excluding hydrogens is 392 g/mol. The van der Waals surface area contributed by atoms with Gasteiger partial charge in [0.05, 0.1) is 43.0 Å². The Hall–Kier alpha value is -2.49. The fraction of sp³-hybridized carbons (Fsp3) is 0.400. The molecule has 0 bridgehead atoms. The van der Waals surface area contributed by atoms with Crippen LogP contribution in [-0.4, -0.2) is 57.4 Å². The molecular formula is C20H27N4O4S+. The standard InChI is InChI=1S/C20H26N4O4S/c1-22-12-14-23(15-13-22)29(27,28)18-9-10-19(20(16-18)24(25)26)21-11-5-8-17-6-3-2-4-7-17/h2-4,6-7,9-10,16,21H,5,8,11-15H2,1H3/p+1. The number of rotatable bonds is 8. The van der Waals surface area contributed by atoms with Crippen LogP contribution in [0, 0.1) is 10.1 Å². The molecule has 0 radical (unpaired) electrons. The third kappa shape index (κ3) is 5.31. The number of quaternary nitrogens is 1. The second kappa shape index (κ2) is 9.34. The molecule has 0 unspecified atom stereocenters. The van der Waals surface area contributed by atoms with Gasteiger partial charge in [0, 0.05) is 12.6 Å². The van der Waals surface area contributed by atoms with Gasteiger partial charge in [0.1, 0.15) is 5.69 Å². The Balaban J connectivity index is 1.69. The van der Waals surface area contributed by atoms with Crippen LogP contribution in [0.15, 0.2) is 53.4 Å². The molecule has 0 atom stereocenters. The van der Waals surface area contributed by atoms with Crippen LogP contribution in [0.4, 0.5) is 11.4 Å². The number of nitrogens with zero attached hydrogens (tertiary/aromatic N) is 2. The van der Waals surface area contributed by atoms with Gasteiger partial charge >= 0.3 is 0 Å². The summed E-state index contributed by atoms with van der Waals surface area (Å²) in [7, 11) is -1.71. The molecule has 0 amide bonds. The van der Waals surface area contributed by atoms with E-state index in [1.807, 2.05) is 37.4 Å². The zero-order valence-corrected chi connectivity index (χ0v) is 17.3. The van der Waals surface area contributed by atoms with Gasteiger partial charge in [-0.1, -0.05) is 30.3 Å². The lowest BCUT2D eigenvalue weighted by Gasteiger charge is -2.29. The Morgan fingerprint density at radius 2 is 1.83 bits per heavy atom. The molecule has 29 heavy (non-hydrogen) atoms. The lowest BCUT2D eigenvalue weighted by Crippen LogP contribution is -3.12.